The number of hydrogen-bond donors (Lipinski definition) is 2. The monoisotopic (exact) mass is 343 g/mol. The highest BCUT2D eigenvalue weighted by Gasteiger charge is 2.32. The summed E-state index contributed by atoms with van der Waals surface area (Å²) in [5, 5.41) is 14.4. The lowest BCUT2D eigenvalue weighted by atomic mass is 9.91. The zero-order valence-electron chi connectivity index (χ0n) is 14.8. The SMILES string of the molecule is C[C@@H]1Cc2c(C(=O)N3CCC(Cc4ccn[nH]4)CC3)n[nH]c2[C@H](C)O1. The molecule has 2 atom stereocenters. The van der Waals surface area contributed by atoms with Crippen molar-refractivity contribution in [2.45, 2.75) is 51.7 Å². The minimum absolute atomic E-state index is 0.0343. The van der Waals surface area contributed by atoms with Crippen LogP contribution in [0.5, 0.6) is 0 Å². The fraction of sp³-hybridized carbons (Fsp3) is 0.611. The third-order valence-electron chi connectivity index (χ3n) is 5.40. The first-order chi connectivity index (χ1) is 12.1. The predicted octanol–water partition coefficient (Wildman–Crippen LogP) is 2.25. The Morgan fingerprint density at radius 3 is 2.84 bits per heavy atom. The number of ether oxygens (including phenoxy) is 1. The Balaban J connectivity index is 1.41. The highest BCUT2D eigenvalue weighted by atomic mass is 16.5. The Bertz CT molecular complexity index is 731. The molecule has 4 rings (SSSR count). The molecule has 0 spiro atoms. The largest absolute Gasteiger partial charge is 0.369 e. The first-order valence-electron chi connectivity index (χ1n) is 9.12. The van der Waals surface area contributed by atoms with Crippen LogP contribution < -0.4 is 0 Å². The Morgan fingerprint density at radius 2 is 2.12 bits per heavy atom. The molecule has 1 saturated heterocycles. The minimum Gasteiger partial charge on any atom is -0.369 e. The molecule has 4 heterocycles. The normalized spacial score (nSPS) is 24.3. The number of carbonyl (C=O) groups excluding carboxylic acids is 1. The fourth-order valence-corrected chi connectivity index (χ4v) is 4.05. The number of aromatic nitrogens is 4. The van der Waals surface area contributed by atoms with Crippen LogP contribution in [0, 0.1) is 5.92 Å². The van der Waals surface area contributed by atoms with Crippen LogP contribution >= 0.6 is 0 Å². The number of amides is 1. The number of nitrogens with zero attached hydrogens (tertiary/aromatic N) is 3. The number of hydrogen-bond acceptors (Lipinski definition) is 4. The van der Waals surface area contributed by atoms with E-state index in [0.717, 1.165) is 50.0 Å². The molecular weight excluding hydrogens is 318 g/mol. The van der Waals surface area contributed by atoms with Crippen molar-refractivity contribution in [2.24, 2.45) is 5.92 Å². The Labute approximate surface area is 147 Å². The van der Waals surface area contributed by atoms with E-state index in [-0.39, 0.29) is 18.1 Å². The van der Waals surface area contributed by atoms with E-state index in [0.29, 0.717) is 11.6 Å². The van der Waals surface area contributed by atoms with Crippen LogP contribution in [0.2, 0.25) is 0 Å². The second-order valence-electron chi connectivity index (χ2n) is 7.28. The van der Waals surface area contributed by atoms with Crippen LogP contribution in [0.15, 0.2) is 12.3 Å². The lowest BCUT2D eigenvalue weighted by Crippen LogP contribution is -2.39. The van der Waals surface area contributed by atoms with Gasteiger partial charge in [-0.15, -0.1) is 0 Å². The molecule has 0 aromatic carbocycles. The van der Waals surface area contributed by atoms with Crippen molar-refractivity contribution < 1.29 is 9.53 Å². The summed E-state index contributed by atoms with van der Waals surface area (Å²) in [6.45, 7) is 5.63. The van der Waals surface area contributed by atoms with Crippen molar-refractivity contribution in [2.75, 3.05) is 13.1 Å². The smallest absolute Gasteiger partial charge is 0.274 e. The van der Waals surface area contributed by atoms with E-state index in [2.05, 4.69) is 20.4 Å². The molecule has 7 nitrogen and oxygen atoms in total. The Hall–Kier alpha value is -2.15. The van der Waals surface area contributed by atoms with Gasteiger partial charge in [0.1, 0.15) is 0 Å². The molecule has 1 amide bonds. The van der Waals surface area contributed by atoms with Crippen LogP contribution in [0.25, 0.3) is 0 Å². The number of H-pyrrole nitrogens is 2. The summed E-state index contributed by atoms with van der Waals surface area (Å²) in [5.41, 5.74) is 3.75. The molecule has 1 fully saturated rings. The molecular formula is C18H25N5O2. The minimum atomic E-state index is -0.0343. The highest BCUT2D eigenvalue weighted by Crippen LogP contribution is 2.31. The summed E-state index contributed by atoms with van der Waals surface area (Å²) < 4.78 is 5.81. The van der Waals surface area contributed by atoms with Gasteiger partial charge < -0.3 is 9.64 Å². The third kappa shape index (κ3) is 3.20. The lowest BCUT2D eigenvalue weighted by molar-refractivity contribution is -0.00703. The lowest BCUT2D eigenvalue weighted by Gasteiger charge is -2.32. The maximum atomic E-state index is 13.0. The van der Waals surface area contributed by atoms with Crippen molar-refractivity contribution in [1.82, 2.24) is 25.3 Å². The molecule has 0 saturated carbocycles. The molecule has 2 aliphatic heterocycles. The summed E-state index contributed by atoms with van der Waals surface area (Å²) >= 11 is 0. The van der Waals surface area contributed by atoms with Crippen LogP contribution in [-0.4, -0.2) is 50.4 Å². The molecule has 2 aliphatic rings. The maximum Gasteiger partial charge on any atom is 0.274 e. The predicted molar refractivity (Wildman–Crippen MR) is 92.2 cm³/mol. The number of nitrogens with one attached hydrogen (secondary N) is 2. The summed E-state index contributed by atoms with van der Waals surface area (Å²) in [6, 6.07) is 2.03. The van der Waals surface area contributed by atoms with E-state index >= 15 is 0 Å². The Kier molecular flexibility index (Phi) is 4.33. The molecule has 0 aliphatic carbocycles. The second kappa shape index (κ2) is 6.63. The van der Waals surface area contributed by atoms with E-state index < -0.39 is 0 Å². The number of piperidine rings is 1. The van der Waals surface area contributed by atoms with E-state index in [1.165, 1.54) is 5.69 Å². The molecule has 2 N–H and O–H groups in total. The van der Waals surface area contributed by atoms with E-state index in [1.807, 2.05) is 24.8 Å². The van der Waals surface area contributed by atoms with Crippen molar-refractivity contribution in [1.29, 1.82) is 0 Å². The third-order valence-corrected chi connectivity index (χ3v) is 5.40. The molecule has 25 heavy (non-hydrogen) atoms. The summed E-state index contributed by atoms with van der Waals surface area (Å²) in [5.74, 6) is 0.657. The maximum absolute atomic E-state index is 13.0. The molecule has 0 unspecified atom stereocenters. The van der Waals surface area contributed by atoms with Gasteiger partial charge in [0.05, 0.1) is 17.9 Å². The van der Waals surface area contributed by atoms with Crippen molar-refractivity contribution in [3.8, 4) is 0 Å². The second-order valence-corrected chi connectivity index (χ2v) is 7.28. The van der Waals surface area contributed by atoms with Gasteiger partial charge in [0, 0.05) is 37.0 Å². The zero-order chi connectivity index (χ0) is 17.4. The Morgan fingerprint density at radius 1 is 1.32 bits per heavy atom. The standard InChI is InChI=1S/C18H25N5O2/c1-11-9-15-16(12(2)25-11)21-22-17(15)18(24)23-7-4-13(5-8-23)10-14-3-6-19-20-14/h3,6,11-13H,4-5,7-10H2,1-2H3,(H,19,20)(H,21,22)/t11-,12+/m1/s1. The van der Waals surface area contributed by atoms with Gasteiger partial charge >= 0.3 is 0 Å². The van der Waals surface area contributed by atoms with Crippen LogP contribution in [-0.2, 0) is 17.6 Å². The number of aromatic amines is 2. The number of likely N-dealkylation sites (tertiary alicyclic amines) is 1. The van der Waals surface area contributed by atoms with E-state index in [1.54, 1.807) is 6.20 Å². The van der Waals surface area contributed by atoms with Gasteiger partial charge in [0.15, 0.2) is 5.69 Å². The van der Waals surface area contributed by atoms with Gasteiger partial charge in [-0.05, 0) is 45.1 Å². The number of fused-ring (bicyclic) bond motifs is 1. The van der Waals surface area contributed by atoms with Crippen LogP contribution in [0.4, 0.5) is 0 Å². The quantitative estimate of drug-likeness (QED) is 0.895. The van der Waals surface area contributed by atoms with Gasteiger partial charge in [-0.25, -0.2) is 0 Å². The fourth-order valence-electron chi connectivity index (χ4n) is 4.05. The first kappa shape index (κ1) is 16.3. The first-order valence-corrected chi connectivity index (χ1v) is 9.12. The van der Waals surface area contributed by atoms with Crippen molar-refractivity contribution in [3.05, 3.63) is 34.9 Å². The average molecular weight is 343 g/mol. The van der Waals surface area contributed by atoms with E-state index in [4.69, 9.17) is 4.74 Å². The van der Waals surface area contributed by atoms with Crippen molar-refractivity contribution in [3.63, 3.8) is 0 Å². The van der Waals surface area contributed by atoms with Gasteiger partial charge in [0.2, 0.25) is 0 Å². The molecule has 0 radical (unpaired) electrons. The summed E-state index contributed by atoms with van der Waals surface area (Å²) in [4.78, 5) is 14.9. The number of carbonyl (C=O) groups is 1. The average Bonchev–Trinajstić information content (AvgIpc) is 3.24. The zero-order valence-corrected chi connectivity index (χ0v) is 14.8. The van der Waals surface area contributed by atoms with E-state index in [9.17, 15) is 4.79 Å². The van der Waals surface area contributed by atoms with Crippen LogP contribution in [0.3, 0.4) is 0 Å². The van der Waals surface area contributed by atoms with Gasteiger partial charge in [-0.1, -0.05) is 0 Å². The molecule has 2 aromatic rings. The van der Waals surface area contributed by atoms with Gasteiger partial charge in [-0.3, -0.25) is 15.0 Å². The number of rotatable bonds is 3. The highest BCUT2D eigenvalue weighted by molar-refractivity contribution is 5.94. The molecule has 134 valence electrons. The topological polar surface area (TPSA) is 86.9 Å². The van der Waals surface area contributed by atoms with Crippen molar-refractivity contribution >= 4 is 5.91 Å². The molecule has 7 heteroatoms. The summed E-state index contributed by atoms with van der Waals surface area (Å²) in [7, 11) is 0. The van der Waals surface area contributed by atoms with Gasteiger partial charge in [-0.2, -0.15) is 10.2 Å². The summed E-state index contributed by atoms with van der Waals surface area (Å²) in [6.07, 6.45) is 5.67. The van der Waals surface area contributed by atoms with Crippen LogP contribution in [0.1, 0.15) is 60.2 Å². The van der Waals surface area contributed by atoms with Gasteiger partial charge in [0.25, 0.3) is 5.91 Å². The molecule has 2 aromatic heterocycles. The molecule has 0 bridgehead atoms.